The zero-order valence-corrected chi connectivity index (χ0v) is 17.5. The highest BCUT2D eigenvalue weighted by molar-refractivity contribution is 14.0. The quantitative estimate of drug-likeness (QED) is 0.219. The van der Waals surface area contributed by atoms with Gasteiger partial charge in [-0.25, -0.2) is 8.42 Å². The molecule has 1 atom stereocenters. The van der Waals surface area contributed by atoms with E-state index in [1.54, 1.807) is 18.8 Å². The Balaban J connectivity index is 0.00000264. The number of thioether (sulfide) groups is 1. The smallest absolute Gasteiger partial charge is 0.191 e. The molecule has 2 rings (SSSR count). The lowest BCUT2D eigenvalue weighted by Gasteiger charge is -2.15. The van der Waals surface area contributed by atoms with Gasteiger partial charge in [0.25, 0.3) is 0 Å². The summed E-state index contributed by atoms with van der Waals surface area (Å²) in [4.78, 5) is 5.29. The molecule has 0 bridgehead atoms. The molecule has 5 nitrogen and oxygen atoms in total. The van der Waals surface area contributed by atoms with E-state index in [-0.39, 0.29) is 41.5 Å². The van der Waals surface area contributed by atoms with Gasteiger partial charge in [-0.15, -0.1) is 35.7 Å². The first-order valence-corrected chi connectivity index (χ1v) is 10.2. The van der Waals surface area contributed by atoms with Crippen LogP contribution < -0.4 is 10.6 Å². The molecular formula is C14H21ClIN3O2S2. The third kappa shape index (κ3) is 7.49. The Kier molecular flexibility index (Phi) is 9.02. The highest BCUT2D eigenvalue weighted by atomic mass is 127. The molecule has 1 fully saturated rings. The monoisotopic (exact) mass is 489 g/mol. The van der Waals surface area contributed by atoms with Gasteiger partial charge in [0.15, 0.2) is 15.8 Å². The number of hydrogen-bond acceptors (Lipinski definition) is 4. The fourth-order valence-electron chi connectivity index (χ4n) is 2.17. The van der Waals surface area contributed by atoms with Gasteiger partial charge in [-0.05, 0) is 30.7 Å². The van der Waals surface area contributed by atoms with E-state index < -0.39 is 9.84 Å². The minimum absolute atomic E-state index is 0. The van der Waals surface area contributed by atoms with Crippen LogP contribution in [0.1, 0.15) is 6.42 Å². The van der Waals surface area contributed by atoms with E-state index in [4.69, 9.17) is 11.6 Å². The minimum atomic E-state index is -2.87. The van der Waals surface area contributed by atoms with E-state index in [0.29, 0.717) is 12.4 Å². The number of rotatable bonds is 5. The third-order valence-corrected chi connectivity index (χ3v) is 6.31. The fourth-order valence-corrected chi connectivity index (χ4v) is 4.73. The van der Waals surface area contributed by atoms with E-state index in [0.717, 1.165) is 22.2 Å². The van der Waals surface area contributed by atoms with E-state index in [9.17, 15) is 8.42 Å². The van der Waals surface area contributed by atoms with Crippen LogP contribution in [0.4, 0.5) is 0 Å². The molecule has 0 amide bonds. The second kappa shape index (κ2) is 9.95. The first kappa shape index (κ1) is 20.9. The zero-order chi connectivity index (χ0) is 16.0. The lowest BCUT2D eigenvalue weighted by Crippen LogP contribution is -2.44. The number of sulfone groups is 1. The van der Waals surface area contributed by atoms with Crippen molar-refractivity contribution in [1.29, 1.82) is 0 Å². The number of nitrogens with one attached hydrogen (secondary N) is 2. The summed E-state index contributed by atoms with van der Waals surface area (Å²) in [6.07, 6.45) is 0.641. The first-order chi connectivity index (χ1) is 10.5. The summed E-state index contributed by atoms with van der Waals surface area (Å²) < 4.78 is 22.9. The standard InChI is InChI=1S/C14H20ClN3O2S2.HI/c1-16-14(18-12-6-9-22(19,20)10-12)17-7-8-21-13-4-2-11(15)3-5-13;/h2-5,12H,6-10H2,1H3,(H2,16,17,18);1H. The molecule has 1 aliphatic heterocycles. The molecular weight excluding hydrogens is 469 g/mol. The molecule has 9 heteroatoms. The summed E-state index contributed by atoms with van der Waals surface area (Å²) in [6, 6.07) is 7.68. The number of guanidine groups is 1. The number of benzene rings is 1. The predicted octanol–water partition coefficient (Wildman–Crippen LogP) is 2.40. The maximum Gasteiger partial charge on any atom is 0.191 e. The summed E-state index contributed by atoms with van der Waals surface area (Å²) in [5.41, 5.74) is 0. The van der Waals surface area contributed by atoms with Gasteiger partial charge < -0.3 is 10.6 Å². The molecule has 1 aliphatic rings. The maximum atomic E-state index is 11.4. The minimum Gasteiger partial charge on any atom is -0.356 e. The fraction of sp³-hybridized carbons (Fsp3) is 0.500. The van der Waals surface area contributed by atoms with Crippen LogP contribution in [-0.2, 0) is 9.84 Å². The van der Waals surface area contributed by atoms with Gasteiger partial charge in [-0.2, -0.15) is 0 Å². The second-order valence-electron chi connectivity index (χ2n) is 5.05. The number of aliphatic imine (C=N–C) groups is 1. The molecule has 1 heterocycles. The Morgan fingerprint density at radius 2 is 2.09 bits per heavy atom. The van der Waals surface area contributed by atoms with Crippen LogP contribution in [0.25, 0.3) is 0 Å². The van der Waals surface area contributed by atoms with Crippen LogP contribution in [0.3, 0.4) is 0 Å². The first-order valence-electron chi connectivity index (χ1n) is 7.04. The van der Waals surface area contributed by atoms with Crippen LogP contribution in [0.5, 0.6) is 0 Å². The molecule has 0 aliphatic carbocycles. The van der Waals surface area contributed by atoms with Crippen LogP contribution >= 0.6 is 47.3 Å². The van der Waals surface area contributed by atoms with E-state index in [2.05, 4.69) is 15.6 Å². The highest BCUT2D eigenvalue weighted by Gasteiger charge is 2.28. The summed E-state index contributed by atoms with van der Waals surface area (Å²) in [5.74, 6) is 1.98. The Morgan fingerprint density at radius 1 is 1.39 bits per heavy atom. The lowest BCUT2D eigenvalue weighted by molar-refractivity contribution is 0.599. The van der Waals surface area contributed by atoms with Crippen molar-refractivity contribution in [2.45, 2.75) is 17.4 Å². The van der Waals surface area contributed by atoms with Crippen LogP contribution in [0.2, 0.25) is 5.02 Å². The number of nitrogens with zero attached hydrogens (tertiary/aromatic N) is 1. The molecule has 0 spiro atoms. The molecule has 130 valence electrons. The molecule has 1 unspecified atom stereocenters. The van der Waals surface area contributed by atoms with E-state index in [1.807, 2.05) is 24.3 Å². The molecule has 0 saturated carbocycles. The number of halogens is 2. The van der Waals surface area contributed by atoms with E-state index >= 15 is 0 Å². The van der Waals surface area contributed by atoms with Crippen LogP contribution in [-0.4, -0.2) is 51.3 Å². The Bertz CT molecular complexity index is 623. The SMILES string of the molecule is CN=C(NCCSc1ccc(Cl)cc1)NC1CCS(=O)(=O)C1.I. The zero-order valence-electron chi connectivity index (χ0n) is 12.8. The van der Waals surface area contributed by atoms with Gasteiger partial charge in [0.1, 0.15) is 0 Å². The van der Waals surface area contributed by atoms with Gasteiger partial charge in [-0.1, -0.05) is 11.6 Å². The van der Waals surface area contributed by atoms with Crippen molar-refractivity contribution in [3.8, 4) is 0 Å². The van der Waals surface area contributed by atoms with Crippen molar-refractivity contribution >= 4 is 63.1 Å². The second-order valence-corrected chi connectivity index (χ2v) is 8.88. The van der Waals surface area contributed by atoms with Crippen molar-refractivity contribution in [2.24, 2.45) is 4.99 Å². The van der Waals surface area contributed by atoms with Crippen LogP contribution in [0.15, 0.2) is 34.2 Å². The molecule has 23 heavy (non-hydrogen) atoms. The van der Waals surface area contributed by atoms with Crippen molar-refractivity contribution in [2.75, 3.05) is 30.9 Å². The van der Waals surface area contributed by atoms with Crippen LogP contribution in [0, 0.1) is 0 Å². The number of hydrogen-bond donors (Lipinski definition) is 2. The summed E-state index contributed by atoms with van der Waals surface area (Å²) in [7, 11) is -1.19. The Hall–Kier alpha value is -0.190. The summed E-state index contributed by atoms with van der Waals surface area (Å²) in [5, 5.41) is 7.10. The topological polar surface area (TPSA) is 70.6 Å². The molecule has 1 saturated heterocycles. The van der Waals surface area contributed by atoms with Gasteiger partial charge in [0.2, 0.25) is 0 Å². The maximum absolute atomic E-state index is 11.4. The molecule has 1 aromatic rings. The van der Waals surface area contributed by atoms with Crippen molar-refractivity contribution < 1.29 is 8.42 Å². The highest BCUT2D eigenvalue weighted by Crippen LogP contribution is 2.19. The predicted molar refractivity (Wildman–Crippen MR) is 109 cm³/mol. The molecule has 0 aromatic heterocycles. The average molecular weight is 490 g/mol. The van der Waals surface area contributed by atoms with E-state index in [1.165, 1.54) is 0 Å². The third-order valence-electron chi connectivity index (χ3n) is 3.27. The van der Waals surface area contributed by atoms with Crippen molar-refractivity contribution in [3.63, 3.8) is 0 Å². The lowest BCUT2D eigenvalue weighted by atomic mass is 10.3. The molecule has 1 aromatic carbocycles. The normalized spacial score (nSPS) is 19.9. The van der Waals surface area contributed by atoms with Crippen molar-refractivity contribution in [3.05, 3.63) is 29.3 Å². The molecule has 2 N–H and O–H groups in total. The van der Waals surface area contributed by atoms with Gasteiger partial charge in [0.05, 0.1) is 11.5 Å². The van der Waals surface area contributed by atoms with Gasteiger partial charge in [-0.3, -0.25) is 4.99 Å². The summed E-state index contributed by atoms with van der Waals surface area (Å²) >= 11 is 7.57. The van der Waals surface area contributed by atoms with Gasteiger partial charge in [0, 0.05) is 35.3 Å². The van der Waals surface area contributed by atoms with Gasteiger partial charge >= 0.3 is 0 Å². The largest absolute Gasteiger partial charge is 0.356 e. The molecule has 0 radical (unpaired) electrons. The Morgan fingerprint density at radius 3 is 2.65 bits per heavy atom. The Labute approximate surface area is 164 Å². The van der Waals surface area contributed by atoms with Crippen molar-refractivity contribution in [1.82, 2.24) is 10.6 Å². The average Bonchev–Trinajstić information content (AvgIpc) is 2.83. The summed E-state index contributed by atoms with van der Waals surface area (Å²) in [6.45, 7) is 0.742.